The predicted octanol–water partition coefficient (Wildman–Crippen LogP) is 14.6. The Labute approximate surface area is 391 Å². The Morgan fingerprint density at radius 1 is 0.338 bits per heavy atom. The molecular formula is C61H35N7. The number of nitrogens with zero attached hydrogens (tertiary/aromatic N) is 7. The number of hydrogen-bond acceptors (Lipinski definition) is 5. The highest BCUT2D eigenvalue weighted by atomic mass is 15.0. The van der Waals surface area contributed by atoms with Gasteiger partial charge in [-0.2, -0.15) is 15.8 Å². The van der Waals surface area contributed by atoms with Gasteiger partial charge in [-0.3, -0.25) is 9.97 Å². The van der Waals surface area contributed by atoms with Crippen LogP contribution in [0.25, 0.3) is 111 Å². The molecule has 0 saturated carbocycles. The molecule has 0 aliphatic rings. The van der Waals surface area contributed by atoms with Crippen LogP contribution in [0.1, 0.15) is 16.7 Å². The van der Waals surface area contributed by atoms with Crippen molar-refractivity contribution in [3.8, 4) is 85.5 Å². The molecule has 0 unspecified atom stereocenters. The molecule has 12 aromatic rings. The molecule has 0 saturated heterocycles. The molecular weight excluding hydrogens is 831 g/mol. The lowest BCUT2D eigenvalue weighted by molar-refractivity contribution is 1.12. The zero-order valence-corrected chi connectivity index (χ0v) is 36.3. The SMILES string of the molecule is N#Cc1cc(C#N)cc(-c2cc(-n3c4ccccc4c4cccc(-c5ccc(-c6ccccc6)nc5)c43)c(C#N)c(-n3c4ccccc4c4cccc(-c5ccc(-c6ccccc6)nc5)c43)c2)c1. The van der Waals surface area contributed by atoms with Crippen LogP contribution in [0.4, 0.5) is 0 Å². The van der Waals surface area contributed by atoms with Crippen LogP contribution < -0.4 is 0 Å². The summed E-state index contributed by atoms with van der Waals surface area (Å²) < 4.78 is 4.41. The molecule has 314 valence electrons. The van der Waals surface area contributed by atoms with E-state index >= 15 is 0 Å². The minimum Gasteiger partial charge on any atom is -0.307 e. The van der Waals surface area contributed by atoms with E-state index in [0.29, 0.717) is 33.6 Å². The minimum absolute atomic E-state index is 0.364. The second-order valence-corrected chi connectivity index (χ2v) is 16.7. The normalized spacial score (nSPS) is 11.2. The van der Waals surface area contributed by atoms with Gasteiger partial charge in [0.25, 0.3) is 0 Å². The lowest BCUT2D eigenvalue weighted by Gasteiger charge is -2.20. The molecule has 0 radical (unpaired) electrons. The Bertz CT molecular complexity index is 3830. The molecule has 7 nitrogen and oxygen atoms in total. The molecule has 0 amide bonds. The van der Waals surface area contributed by atoms with Gasteiger partial charge in [-0.05, 0) is 65.7 Å². The van der Waals surface area contributed by atoms with Gasteiger partial charge in [-0.15, -0.1) is 0 Å². The molecule has 0 N–H and O–H groups in total. The molecule has 0 aliphatic carbocycles. The van der Waals surface area contributed by atoms with Crippen molar-refractivity contribution in [3.05, 3.63) is 229 Å². The summed E-state index contributed by atoms with van der Waals surface area (Å²) in [6.45, 7) is 0. The molecule has 0 fully saturated rings. The van der Waals surface area contributed by atoms with Crippen LogP contribution in [-0.2, 0) is 0 Å². The third-order valence-corrected chi connectivity index (χ3v) is 12.9. The molecule has 68 heavy (non-hydrogen) atoms. The van der Waals surface area contributed by atoms with Crippen LogP contribution in [0.2, 0.25) is 0 Å². The highest BCUT2D eigenvalue weighted by molar-refractivity contribution is 6.16. The lowest BCUT2D eigenvalue weighted by atomic mass is 9.96. The highest BCUT2D eigenvalue weighted by Gasteiger charge is 2.25. The van der Waals surface area contributed by atoms with Crippen molar-refractivity contribution in [1.29, 1.82) is 15.8 Å². The van der Waals surface area contributed by atoms with Gasteiger partial charge >= 0.3 is 0 Å². The van der Waals surface area contributed by atoms with Gasteiger partial charge in [0.05, 0.1) is 68.1 Å². The Morgan fingerprint density at radius 3 is 1.19 bits per heavy atom. The number of fused-ring (bicyclic) bond motifs is 6. The van der Waals surface area contributed by atoms with Crippen LogP contribution in [0.15, 0.2) is 213 Å². The van der Waals surface area contributed by atoms with Crippen molar-refractivity contribution in [2.24, 2.45) is 0 Å². The summed E-state index contributed by atoms with van der Waals surface area (Å²) in [5.41, 5.74) is 15.1. The molecule has 0 bridgehead atoms. The van der Waals surface area contributed by atoms with Crippen molar-refractivity contribution in [1.82, 2.24) is 19.1 Å². The second-order valence-electron chi connectivity index (χ2n) is 16.7. The molecule has 12 rings (SSSR count). The quantitative estimate of drug-likeness (QED) is 0.159. The predicted molar refractivity (Wildman–Crippen MR) is 272 cm³/mol. The van der Waals surface area contributed by atoms with Crippen molar-refractivity contribution in [2.75, 3.05) is 0 Å². The van der Waals surface area contributed by atoms with E-state index < -0.39 is 0 Å². The third-order valence-electron chi connectivity index (χ3n) is 12.9. The van der Waals surface area contributed by atoms with Crippen LogP contribution in [0, 0.1) is 34.0 Å². The van der Waals surface area contributed by atoms with E-state index in [1.165, 1.54) is 0 Å². The topological polar surface area (TPSA) is 107 Å². The lowest BCUT2D eigenvalue weighted by Crippen LogP contribution is -2.06. The van der Waals surface area contributed by atoms with E-state index in [-0.39, 0.29) is 0 Å². The number of aromatic nitrogens is 4. The van der Waals surface area contributed by atoms with Gasteiger partial charge in [0.1, 0.15) is 11.6 Å². The summed E-state index contributed by atoms with van der Waals surface area (Å²) >= 11 is 0. The first-order valence-corrected chi connectivity index (χ1v) is 22.2. The second kappa shape index (κ2) is 16.3. The van der Waals surface area contributed by atoms with Crippen LogP contribution in [0.5, 0.6) is 0 Å². The molecule has 8 aromatic carbocycles. The fourth-order valence-corrected chi connectivity index (χ4v) is 9.84. The third kappa shape index (κ3) is 6.49. The number of pyridine rings is 2. The number of rotatable bonds is 7. The molecule has 4 heterocycles. The van der Waals surface area contributed by atoms with Crippen LogP contribution >= 0.6 is 0 Å². The number of benzene rings is 8. The summed E-state index contributed by atoms with van der Waals surface area (Å²) in [6, 6.07) is 74.3. The summed E-state index contributed by atoms with van der Waals surface area (Å²) in [5.74, 6) is 0. The zero-order chi connectivity index (χ0) is 45.7. The molecule has 0 spiro atoms. The number of para-hydroxylation sites is 4. The van der Waals surface area contributed by atoms with Crippen molar-refractivity contribution in [3.63, 3.8) is 0 Å². The Hall–Kier alpha value is -9.87. The average Bonchev–Trinajstić information content (AvgIpc) is 3.94. The first-order chi connectivity index (χ1) is 33.6. The van der Waals surface area contributed by atoms with E-state index in [4.69, 9.17) is 9.97 Å². The van der Waals surface area contributed by atoms with Gasteiger partial charge in [0.15, 0.2) is 0 Å². The summed E-state index contributed by atoms with van der Waals surface area (Å²) in [6.07, 6.45) is 3.84. The van der Waals surface area contributed by atoms with Crippen molar-refractivity contribution < 1.29 is 0 Å². The Kier molecular flexibility index (Phi) is 9.51. The minimum atomic E-state index is 0.364. The summed E-state index contributed by atoms with van der Waals surface area (Å²) in [4.78, 5) is 9.89. The van der Waals surface area contributed by atoms with Crippen molar-refractivity contribution >= 4 is 43.6 Å². The maximum absolute atomic E-state index is 11.8. The zero-order valence-electron chi connectivity index (χ0n) is 36.3. The van der Waals surface area contributed by atoms with Crippen molar-refractivity contribution in [2.45, 2.75) is 0 Å². The monoisotopic (exact) mass is 865 g/mol. The Balaban J connectivity index is 1.18. The maximum atomic E-state index is 11.8. The smallest absolute Gasteiger partial charge is 0.104 e. The van der Waals surface area contributed by atoms with Gasteiger partial charge in [0, 0.05) is 67.3 Å². The molecule has 0 aliphatic heterocycles. The van der Waals surface area contributed by atoms with E-state index in [0.717, 1.165) is 93.9 Å². The largest absolute Gasteiger partial charge is 0.307 e. The van der Waals surface area contributed by atoms with Gasteiger partial charge in [0.2, 0.25) is 0 Å². The summed E-state index contributed by atoms with van der Waals surface area (Å²) in [7, 11) is 0. The Morgan fingerprint density at radius 2 is 0.765 bits per heavy atom. The average molecular weight is 866 g/mol. The molecule has 4 aromatic heterocycles. The van der Waals surface area contributed by atoms with E-state index in [1.807, 2.05) is 97.3 Å². The van der Waals surface area contributed by atoms with Crippen LogP contribution in [-0.4, -0.2) is 19.1 Å². The maximum Gasteiger partial charge on any atom is 0.104 e. The van der Waals surface area contributed by atoms with Gasteiger partial charge in [-0.1, -0.05) is 146 Å². The van der Waals surface area contributed by atoms with Gasteiger partial charge in [-0.25, -0.2) is 0 Å². The van der Waals surface area contributed by atoms with E-state index in [2.05, 4.69) is 137 Å². The fraction of sp³-hybridized carbons (Fsp3) is 0. The first kappa shape index (κ1) is 39.7. The molecule has 7 heteroatoms. The van der Waals surface area contributed by atoms with E-state index in [9.17, 15) is 15.8 Å². The van der Waals surface area contributed by atoms with Gasteiger partial charge < -0.3 is 9.13 Å². The first-order valence-electron chi connectivity index (χ1n) is 22.2. The summed E-state index contributed by atoms with van der Waals surface area (Å²) in [5, 5.41) is 36.3. The van der Waals surface area contributed by atoms with Crippen LogP contribution in [0.3, 0.4) is 0 Å². The number of hydrogen-bond donors (Lipinski definition) is 0. The standard InChI is InChI=1S/C61H35N7/c62-34-39-29-40(35-63)31-45(30-39)46-32-58(67-56-23-9-7-17-49(56)51-21-11-19-47(60(51)67)43-25-27-54(65-37-43)41-13-3-1-4-14-41)53(36-64)59(33-46)68-57-24-10-8-18-50(57)52-22-12-20-48(61(52)68)44-26-28-55(66-38-44)42-15-5-2-6-16-42/h1-33,37-38H. The number of nitriles is 3. The van der Waals surface area contributed by atoms with E-state index in [1.54, 1.807) is 6.07 Å². The highest BCUT2D eigenvalue weighted by Crippen LogP contribution is 2.44. The fourth-order valence-electron chi connectivity index (χ4n) is 9.84. The molecule has 0 atom stereocenters.